The molecule has 0 aliphatic carbocycles. The quantitative estimate of drug-likeness (QED) is 0.873. The Bertz CT molecular complexity index is 494. The van der Waals surface area contributed by atoms with Crippen LogP contribution in [0.1, 0.15) is 6.92 Å². The Labute approximate surface area is 103 Å². The zero-order valence-corrected chi connectivity index (χ0v) is 10.1. The standard InChI is InChI=1S/C12H12N2O2S/c1-8(12(15)16)14-10-4-2-9(3-5-10)11-13-6-7-17-11/h2-8,14H,1H3,(H,15,16). The van der Waals surface area contributed by atoms with Gasteiger partial charge in [0.2, 0.25) is 0 Å². The van der Waals surface area contributed by atoms with Crippen LogP contribution in [0.3, 0.4) is 0 Å². The lowest BCUT2D eigenvalue weighted by Crippen LogP contribution is -2.25. The normalized spacial score (nSPS) is 12.1. The molecule has 4 nitrogen and oxygen atoms in total. The average Bonchev–Trinajstić information content (AvgIpc) is 2.83. The molecule has 0 bridgehead atoms. The molecule has 0 aliphatic rings. The smallest absolute Gasteiger partial charge is 0.325 e. The van der Waals surface area contributed by atoms with Crippen LogP contribution in [0.5, 0.6) is 0 Å². The number of thiazole rings is 1. The van der Waals surface area contributed by atoms with Crippen molar-refractivity contribution in [2.75, 3.05) is 5.32 Å². The molecule has 1 aromatic carbocycles. The van der Waals surface area contributed by atoms with E-state index in [0.717, 1.165) is 16.3 Å². The van der Waals surface area contributed by atoms with Crippen molar-refractivity contribution >= 4 is 23.0 Å². The molecule has 0 aliphatic heterocycles. The molecule has 0 fully saturated rings. The molecule has 0 amide bonds. The van der Waals surface area contributed by atoms with Gasteiger partial charge in [0, 0.05) is 22.8 Å². The van der Waals surface area contributed by atoms with Crippen molar-refractivity contribution in [2.45, 2.75) is 13.0 Å². The maximum atomic E-state index is 10.7. The molecule has 0 saturated heterocycles. The molecule has 1 unspecified atom stereocenters. The van der Waals surface area contributed by atoms with E-state index in [2.05, 4.69) is 10.3 Å². The minimum absolute atomic E-state index is 0.597. The van der Waals surface area contributed by atoms with E-state index in [0.29, 0.717) is 0 Å². The third-order valence-corrected chi connectivity index (χ3v) is 3.14. The van der Waals surface area contributed by atoms with Gasteiger partial charge in [0.05, 0.1) is 0 Å². The fourth-order valence-electron chi connectivity index (χ4n) is 1.39. The predicted molar refractivity (Wildman–Crippen MR) is 68.3 cm³/mol. The summed E-state index contributed by atoms with van der Waals surface area (Å²) in [6.45, 7) is 1.61. The molecule has 1 atom stereocenters. The van der Waals surface area contributed by atoms with Gasteiger partial charge >= 0.3 is 5.97 Å². The largest absolute Gasteiger partial charge is 0.480 e. The van der Waals surface area contributed by atoms with Gasteiger partial charge in [0.15, 0.2) is 0 Å². The van der Waals surface area contributed by atoms with Gasteiger partial charge in [0.1, 0.15) is 11.0 Å². The van der Waals surface area contributed by atoms with Gasteiger partial charge in [0.25, 0.3) is 0 Å². The van der Waals surface area contributed by atoms with Crippen LogP contribution in [0.25, 0.3) is 10.6 Å². The first kappa shape index (κ1) is 11.6. The molecule has 1 aromatic heterocycles. The van der Waals surface area contributed by atoms with Gasteiger partial charge in [-0.05, 0) is 31.2 Å². The van der Waals surface area contributed by atoms with Crippen LogP contribution in [0.15, 0.2) is 35.8 Å². The number of rotatable bonds is 4. The number of carboxylic acids is 1. The molecule has 0 saturated carbocycles. The van der Waals surface area contributed by atoms with Gasteiger partial charge in [-0.25, -0.2) is 4.98 Å². The van der Waals surface area contributed by atoms with Crippen LogP contribution >= 0.6 is 11.3 Å². The lowest BCUT2D eigenvalue weighted by Gasteiger charge is -2.10. The van der Waals surface area contributed by atoms with Crippen LogP contribution in [-0.4, -0.2) is 22.1 Å². The second-order valence-electron chi connectivity index (χ2n) is 3.62. The first-order valence-corrected chi connectivity index (χ1v) is 6.04. The van der Waals surface area contributed by atoms with Crippen molar-refractivity contribution in [2.24, 2.45) is 0 Å². The number of carboxylic acid groups (broad SMARTS) is 1. The summed E-state index contributed by atoms with van der Waals surface area (Å²) in [4.78, 5) is 14.9. The molecular weight excluding hydrogens is 236 g/mol. The molecule has 2 rings (SSSR count). The Hall–Kier alpha value is -1.88. The van der Waals surface area contributed by atoms with Crippen LogP contribution in [-0.2, 0) is 4.79 Å². The van der Waals surface area contributed by atoms with Crippen molar-refractivity contribution in [3.8, 4) is 10.6 Å². The Kier molecular flexibility index (Phi) is 3.39. The van der Waals surface area contributed by atoms with Crippen molar-refractivity contribution in [3.63, 3.8) is 0 Å². The summed E-state index contributed by atoms with van der Waals surface area (Å²) in [5.41, 5.74) is 1.83. The maximum Gasteiger partial charge on any atom is 0.325 e. The highest BCUT2D eigenvalue weighted by Crippen LogP contribution is 2.23. The molecule has 5 heteroatoms. The second-order valence-corrected chi connectivity index (χ2v) is 4.51. The molecule has 2 aromatic rings. The summed E-state index contributed by atoms with van der Waals surface area (Å²) in [7, 11) is 0. The van der Waals surface area contributed by atoms with E-state index in [1.807, 2.05) is 29.6 Å². The van der Waals surface area contributed by atoms with Crippen LogP contribution in [0.4, 0.5) is 5.69 Å². The predicted octanol–water partition coefficient (Wildman–Crippen LogP) is 2.70. The van der Waals surface area contributed by atoms with Crippen molar-refractivity contribution < 1.29 is 9.90 Å². The molecular formula is C12H12N2O2S. The van der Waals surface area contributed by atoms with Gasteiger partial charge in [-0.2, -0.15) is 0 Å². The topological polar surface area (TPSA) is 62.2 Å². The minimum Gasteiger partial charge on any atom is -0.480 e. The summed E-state index contributed by atoms with van der Waals surface area (Å²) in [6, 6.07) is 6.97. The second kappa shape index (κ2) is 4.97. The Morgan fingerprint density at radius 1 is 1.41 bits per heavy atom. The zero-order chi connectivity index (χ0) is 12.3. The van der Waals surface area contributed by atoms with Crippen LogP contribution in [0, 0.1) is 0 Å². The highest BCUT2D eigenvalue weighted by atomic mass is 32.1. The number of aliphatic carboxylic acids is 1. The lowest BCUT2D eigenvalue weighted by atomic mass is 10.2. The summed E-state index contributed by atoms with van der Waals surface area (Å²) >= 11 is 1.58. The Balaban J connectivity index is 2.11. The number of nitrogens with one attached hydrogen (secondary N) is 1. The number of hydrogen-bond acceptors (Lipinski definition) is 4. The molecule has 1 heterocycles. The molecule has 2 N–H and O–H groups in total. The van der Waals surface area contributed by atoms with Crippen LogP contribution < -0.4 is 5.32 Å². The van der Waals surface area contributed by atoms with E-state index in [1.165, 1.54) is 0 Å². The van der Waals surface area contributed by atoms with E-state index in [1.54, 1.807) is 24.5 Å². The number of benzene rings is 1. The summed E-state index contributed by atoms with van der Waals surface area (Å²) in [5.74, 6) is -0.867. The van der Waals surface area contributed by atoms with E-state index in [4.69, 9.17) is 5.11 Å². The number of hydrogen-bond donors (Lipinski definition) is 2. The highest BCUT2D eigenvalue weighted by Gasteiger charge is 2.09. The Morgan fingerprint density at radius 3 is 2.65 bits per heavy atom. The number of aromatic nitrogens is 1. The third-order valence-electron chi connectivity index (χ3n) is 2.32. The number of anilines is 1. The summed E-state index contributed by atoms with van der Waals surface area (Å²) < 4.78 is 0. The highest BCUT2D eigenvalue weighted by molar-refractivity contribution is 7.13. The maximum absolute atomic E-state index is 10.7. The molecule has 0 radical (unpaired) electrons. The fourth-order valence-corrected chi connectivity index (χ4v) is 2.03. The summed E-state index contributed by atoms with van der Waals surface area (Å²) in [6.07, 6.45) is 1.76. The fraction of sp³-hybridized carbons (Fsp3) is 0.167. The molecule has 0 spiro atoms. The van der Waals surface area contributed by atoms with Gasteiger partial charge in [-0.3, -0.25) is 4.79 Å². The first-order chi connectivity index (χ1) is 8.16. The van der Waals surface area contributed by atoms with E-state index in [-0.39, 0.29) is 0 Å². The molecule has 17 heavy (non-hydrogen) atoms. The van der Waals surface area contributed by atoms with Gasteiger partial charge in [-0.15, -0.1) is 11.3 Å². The van der Waals surface area contributed by atoms with E-state index < -0.39 is 12.0 Å². The van der Waals surface area contributed by atoms with Crippen molar-refractivity contribution in [1.29, 1.82) is 0 Å². The van der Waals surface area contributed by atoms with Gasteiger partial charge < -0.3 is 10.4 Å². The van der Waals surface area contributed by atoms with E-state index in [9.17, 15) is 4.79 Å². The first-order valence-electron chi connectivity index (χ1n) is 5.16. The zero-order valence-electron chi connectivity index (χ0n) is 9.25. The van der Waals surface area contributed by atoms with E-state index >= 15 is 0 Å². The third kappa shape index (κ3) is 2.82. The monoisotopic (exact) mass is 248 g/mol. The average molecular weight is 248 g/mol. The summed E-state index contributed by atoms with van der Waals surface area (Å²) in [5, 5.41) is 14.6. The SMILES string of the molecule is CC(Nc1ccc(-c2nccs2)cc1)C(=O)O. The minimum atomic E-state index is -0.867. The number of carbonyl (C=O) groups is 1. The lowest BCUT2D eigenvalue weighted by molar-refractivity contribution is -0.137. The van der Waals surface area contributed by atoms with Gasteiger partial charge in [-0.1, -0.05) is 0 Å². The number of nitrogens with zero attached hydrogens (tertiary/aromatic N) is 1. The van der Waals surface area contributed by atoms with Crippen LogP contribution in [0.2, 0.25) is 0 Å². The van der Waals surface area contributed by atoms with Crippen molar-refractivity contribution in [1.82, 2.24) is 4.98 Å². The molecule has 88 valence electrons. The van der Waals surface area contributed by atoms with Crippen molar-refractivity contribution in [3.05, 3.63) is 35.8 Å². The Morgan fingerprint density at radius 2 is 2.12 bits per heavy atom.